The number of hydrogen-bond donors (Lipinski definition) is 2. The minimum atomic E-state index is -3.96. The summed E-state index contributed by atoms with van der Waals surface area (Å²) >= 11 is 0. The number of piperazine rings is 1. The lowest BCUT2D eigenvalue weighted by molar-refractivity contribution is -0.139. The minimum absolute atomic E-state index is 0.00355. The molecule has 1 rings (SSSR count). The number of rotatable bonds is 7. The fourth-order valence-corrected chi connectivity index (χ4v) is 4.34. The summed E-state index contributed by atoms with van der Waals surface area (Å²) in [6.45, 7) is 3.71. The molecule has 0 saturated carbocycles. The Kier molecular flexibility index (Phi) is 6.33. The monoisotopic (exact) mass is 357 g/mol. The fraction of sp³-hybridized carbons (Fsp3) is 0.909. The van der Waals surface area contributed by atoms with E-state index in [0.717, 1.165) is 10.6 Å². The Hall–Kier alpha value is -0.750. The Morgan fingerprint density at radius 3 is 1.91 bits per heavy atom. The first-order chi connectivity index (χ1) is 9.93. The van der Waals surface area contributed by atoms with E-state index in [1.54, 1.807) is 13.8 Å². The molecular weight excluding hydrogens is 334 g/mol. The highest BCUT2D eigenvalue weighted by atomic mass is 32.2. The van der Waals surface area contributed by atoms with Gasteiger partial charge in [0.05, 0.1) is 6.26 Å². The Labute approximate surface area is 131 Å². The molecule has 0 unspecified atom stereocenters. The third kappa shape index (κ3) is 5.47. The lowest BCUT2D eigenvalue weighted by Gasteiger charge is -2.33. The van der Waals surface area contributed by atoms with Crippen molar-refractivity contribution in [2.75, 3.05) is 32.4 Å². The Bertz CT molecular complexity index is 593. The highest BCUT2D eigenvalue weighted by molar-refractivity contribution is 7.88. The third-order valence-electron chi connectivity index (χ3n) is 3.30. The van der Waals surface area contributed by atoms with E-state index in [-0.39, 0.29) is 38.5 Å². The van der Waals surface area contributed by atoms with E-state index in [4.69, 9.17) is 5.11 Å². The highest BCUT2D eigenvalue weighted by Gasteiger charge is 2.33. The van der Waals surface area contributed by atoms with Crippen LogP contribution in [0, 0.1) is 5.92 Å². The second-order valence-corrected chi connectivity index (χ2v) is 9.39. The van der Waals surface area contributed by atoms with Crippen LogP contribution in [0.25, 0.3) is 0 Å². The van der Waals surface area contributed by atoms with Gasteiger partial charge in [0.25, 0.3) is 10.2 Å². The number of aliphatic carboxylic acids is 1. The first-order valence-corrected chi connectivity index (χ1v) is 10.2. The van der Waals surface area contributed by atoms with Crippen molar-refractivity contribution in [1.29, 1.82) is 0 Å². The second-order valence-electron chi connectivity index (χ2n) is 5.70. The Balaban J connectivity index is 2.73. The summed E-state index contributed by atoms with van der Waals surface area (Å²) < 4.78 is 51.7. The molecule has 22 heavy (non-hydrogen) atoms. The molecule has 2 N–H and O–H groups in total. The molecule has 0 aromatic heterocycles. The van der Waals surface area contributed by atoms with Gasteiger partial charge < -0.3 is 5.11 Å². The fourth-order valence-electron chi connectivity index (χ4n) is 2.17. The van der Waals surface area contributed by atoms with Crippen LogP contribution in [0.15, 0.2) is 0 Å². The van der Waals surface area contributed by atoms with Crippen molar-refractivity contribution in [3.63, 3.8) is 0 Å². The van der Waals surface area contributed by atoms with E-state index >= 15 is 0 Å². The van der Waals surface area contributed by atoms with Gasteiger partial charge in [-0.05, 0) is 12.3 Å². The van der Waals surface area contributed by atoms with Crippen LogP contribution in [0.1, 0.15) is 20.3 Å². The number of sulfonamides is 1. The third-order valence-corrected chi connectivity index (χ3v) is 6.23. The first-order valence-electron chi connectivity index (χ1n) is 6.89. The van der Waals surface area contributed by atoms with Gasteiger partial charge in [0.15, 0.2) is 0 Å². The molecule has 130 valence electrons. The van der Waals surface area contributed by atoms with Gasteiger partial charge in [-0.1, -0.05) is 13.8 Å². The lowest BCUT2D eigenvalue weighted by Crippen LogP contribution is -2.55. The predicted molar refractivity (Wildman–Crippen MR) is 80.9 cm³/mol. The van der Waals surface area contributed by atoms with E-state index < -0.39 is 32.2 Å². The van der Waals surface area contributed by atoms with Crippen LogP contribution in [0.2, 0.25) is 0 Å². The van der Waals surface area contributed by atoms with Gasteiger partial charge in [-0.3, -0.25) is 4.79 Å². The molecule has 0 bridgehead atoms. The summed E-state index contributed by atoms with van der Waals surface area (Å²) in [7, 11) is -7.31. The van der Waals surface area contributed by atoms with Crippen molar-refractivity contribution in [2.24, 2.45) is 5.92 Å². The molecule has 0 aromatic carbocycles. The molecule has 1 aliphatic rings. The number of nitrogens with zero attached hydrogens (tertiary/aromatic N) is 2. The molecular formula is C11H23N3O6S2. The van der Waals surface area contributed by atoms with Gasteiger partial charge in [-0.25, -0.2) is 8.42 Å². The standard InChI is InChI=1S/C11H23N3O6S2/c1-9(2)8-10(11(15)16)12-22(19,20)14-6-4-13(5-7-14)21(3,17)18/h9-10,12H,4-8H2,1-3H3,(H,15,16)/t10-/m0/s1. The summed E-state index contributed by atoms with van der Waals surface area (Å²) in [5, 5.41) is 9.10. The summed E-state index contributed by atoms with van der Waals surface area (Å²) in [4.78, 5) is 11.1. The quantitative estimate of drug-likeness (QED) is 0.596. The largest absolute Gasteiger partial charge is 0.480 e. The van der Waals surface area contributed by atoms with Crippen LogP contribution in [-0.4, -0.2) is 75.0 Å². The van der Waals surface area contributed by atoms with E-state index in [0.29, 0.717) is 0 Å². The zero-order valence-electron chi connectivity index (χ0n) is 12.9. The summed E-state index contributed by atoms with van der Waals surface area (Å²) in [5.74, 6) is -1.21. The van der Waals surface area contributed by atoms with Gasteiger partial charge in [-0.15, -0.1) is 0 Å². The van der Waals surface area contributed by atoms with Gasteiger partial charge in [0.2, 0.25) is 10.0 Å². The van der Waals surface area contributed by atoms with Crippen molar-refractivity contribution in [2.45, 2.75) is 26.3 Å². The van der Waals surface area contributed by atoms with Crippen LogP contribution >= 0.6 is 0 Å². The molecule has 0 spiro atoms. The van der Waals surface area contributed by atoms with Crippen LogP contribution in [0.5, 0.6) is 0 Å². The molecule has 9 nitrogen and oxygen atoms in total. The minimum Gasteiger partial charge on any atom is -0.480 e. The van der Waals surface area contributed by atoms with Crippen LogP contribution in [-0.2, 0) is 25.0 Å². The summed E-state index contributed by atoms with van der Waals surface area (Å²) in [6.07, 6.45) is 1.25. The normalized spacial score (nSPS) is 20.2. The molecule has 1 atom stereocenters. The molecule has 1 heterocycles. The van der Waals surface area contributed by atoms with Crippen molar-refractivity contribution < 1.29 is 26.7 Å². The van der Waals surface area contributed by atoms with E-state index in [2.05, 4.69) is 4.72 Å². The zero-order valence-corrected chi connectivity index (χ0v) is 14.5. The van der Waals surface area contributed by atoms with E-state index in [1.165, 1.54) is 4.31 Å². The molecule has 1 aliphatic heterocycles. The Morgan fingerprint density at radius 1 is 1.09 bits per heavy atom. The van der Waals surface area contributed by atoms with Crippen molar-refractivity contribution in [3.8, 4) is 0 Å². The smallest absolute Gasteiger partial charge is 0.321 e. The van der Waals surface area contributed by atoms with Crippen LogP contribution in [0.3, 0.4) is 0 Å². The van der Waals surface area contributed by atoms with Gasteiger partial charge in [0, 0.05) is 26.2 Å². The molecule has 1 saturated heterocycles. The summed E-state index contributed by atoms with van der Waals surface area (Å²) in [5.41, 5.74) is 0. The Morgan fingerprint density at radius 2 is 1.55 bits per heavy atom. The maximum Gasteiger partial charge on any atom is 0.321 e. The average molecular weight is 357 g/mol. The molecule has 0 aromatic rings. The number of carboxylic acid groups (broad SMARTS) is 1. The zero-order chi connectivity index (χ0) is 17.1. The number of hydrogen-bond acceptors (Lipinski definition) is 5. The number of carbonyl (C=O) groups is 1. The summed E-state index contributed by atoms with van der Waals surface area (Å²) in [6, 6.07) is -1.20. The topological polar surface area (TPSA) is 124 Å². The number of carboxylic acids is 1. The van der Waals surface area contributed by atoms with Crippen molar-refractivity contribution in [1.82, 2.24) is 13.3 Å². The van der Waals surface area contributed by atoms with Crippen molar-refractivity contribution >= 4 is 26.2 Å². The van der Waals surface area contributed by atoms with Gasteiger partial charge in [0.1, 0.15) is 6.04 Å². The molecule has 0 aliphatic carbocycles. The molecule has 1 fully saturated rings. The molecule has 0 amide bonds. The van der Waals surface area contributed by atoms with Crippen LogP contribution < -0.4 is 4.72 Å². The SMILES string of the molecule is CC(C)C[C@H](NS(=O)(=O)N1CCN(S(C)(=O)=O)CC1)C(=O)O. The maximum absolute atomic E-state index is 12.2. The van der Waals surface area contributed by atoms with Gasteiger partial charge >= 0.3 is 5.97 Å². The van der Waals surface area contributed by atoms with Crippen molar-refractivity contribution in [3.05, 3.63) is 0 Å². The molecule has 0 radical (unpaired) electrons. The maximum atomic E-state index is 12.2. The first kappa shape index (κ1) is 19.3. The molecule has 11 heteroatoms. The van der Waals surface area contributed by atoms with Gasteiger partial charge in [-0.2, -0.15) is 21.8 Å². The van der Waals surface area contributed by atoms with E-state index in [1.807, 2.05) is 0 Å². The lowest BCUT2D eigenvalue weighted by atomic mass is 10.1. The predicted octanol–water partition coefficient (Wildman–Crippen LogP) is -1.10. The van der Waals surface area contributed by atoms with Crippen LogP contribution in [0.4, 0.5) is 0 Å². The second kappa shape index (κ2) is 7.21. The highest BCUT2D eigenvalue weighted by Crippen LogP contribution is 2.12. The average Bonchev–Trinajstić information content (AvgIpc) is 2.36. The number of nitrogens with one attached hydrogen (secondary N) is 1. The van der Waals surface area contributed by atoms with E-state index in [9.17, 15) is 21.6 Å².